The van der Waals surface area contributed by atoms with Crippen LogP contribution in [0.2, 0.25) is 0 Å². The number of ketones is 1. The number of Topliss-reactive ketones (excluding diaryl/α,β-unsaturated/α-hetero) is 1. The van der Waals surface area contributed by atoms with Crippen molar-refractivity contribution in [1.82, 2.24) is 19.6 Å². The number of aromatic nitrogens is 2. The monoisotopic (exact) mass is 763 g/mol. The molecule has 1 saturated heterocycles. The van der Waals surface area contributed by atoms with Crippen LogP contribution in [0.3, 0.4) is 0 Å². The molecule has 7 rings (SSSR count). The van der Waals surface area contributed by atoms with E-state index in [1.807, 2.05) is 41.8 Å². The normalized spacial score (nSPS) is 28.1. The summed E-state index contributed by atoms with van der Waals surface area (Å²) < 4.78 is 39.8. The molecule has 3 fully saturated rings. The van der Waals surface area contributed by atoms with Gasteiger partial charge in [0.2, 0.25) is 21.8 Å². The molecule has 2 amide bonds. The maximum atomic E-state index is 14.4. The number of nitrogens with zero attached hydrogens (tertiary/aromatic N) is 3. The van der Waals surface area contributed by atoms with E-state index in [4.69, 9.17) is 25.2 Å². The highest BCUT2D eigenvalue weighted by atomic mass is 32.2. The molecule has 3 aromatic rings. The summed E-state index contributed by atoms with van der Waals surface area (Å²) in [6.07, 6.45) is 8.55. The van der Waals surface area contributed by atoms with Crippen LogP contribution in [0, 0.1) is 11.3 Å². The Bertz CT molecular complexity index is 2060. The van der Waals surface area contributed by atoms with E-state index in [0.29, 0.717) is 48.4 Å². The number of carbonyl (C=O) groups excluding carboxylic acids is 3. The van der Waals surface area contributed by atoms with Crippen LogP contribution in [0.4, 0.5) is 0 Å². The van der Waals surface area contributed by atoms with Crippen LogP contribution in [-0.4, -0.2) is 77.5 Å². The number of hydrogen-bond donors (Lipinski definition) is 2. The van der Waals surface area contributed by atoms with E-state index in [1.54, 1.807) is 14.0 Å². The highest BCUT2D eigenvalue weighted by molar-refractivity contribution is 7.91. The lowest BCUT2D eigenvalue weighted by Crippen LogP contribution is -2.50. The fourth-order valence-electron chi connectivity index (χ4n) is 7.54. The Morgan fingerprint density at radius 3 is 2.64 bits per heavy atom. The summed E-state index contributed by atoms with van der Waals surface area (Å²) in [5, 5.41) is 3.51. The molecular weight excluding hydrogens is 715 g/mol. The highest BCUT2D eigenvalue weighted by Crippen LogP contribution is 2.57. The molecule has 14 heteroatoms. The standard InChI is InChI=1S/C39H49N5O7S2/c1-23(2)31-22-52-35(42-31)30-18-34(27-13-12-25(50-4)16-29(27)41-30)51-26-17-32-33(45)20-39(37(47)43-53(48,49)38(3)14-15-38)19-24(39)10-8-6-5-7-9-11-28(40)36(46)44(32)21-26/h8,10,12-13,16,18,22-24,26,28,32H,5-7,9,11,14-15,17,19-21,40H2,1-4H3,(H,43,47)/b10-8-/t24-,26-,28+,32+,39-/m1/s1. The number of carbonyl (C=O) groups is 3. The number of amides is 2. The second kappa shape index (κ2) is 14.4. The van der Waals surface area contributed by atoms with E-state index >= 15 is 0 Å². The van der Waals surface area contributed by atoms with Gasteiger partial charge < -0.3 is 20.1 Å². The van der Waals surface area contributed by atoms with E-state index in [9.17, 15) is 22.8 Å². The Hall–Kier alpha value is -3.88. The number of fused-ring (bicyclic) bond motifs is 3. The second-order valence-electron chi connectivity index (χ2n) is 15.8. The first-order chi connectivity index (χ1) is 25.2. The van der Waals surface area contributed by atoms with Crippen LogP contribution >= 0.6 is 11.3 Å². The summed E-state index contributed by atoms with van der Waals surface area (Å²) in [7, 11) is -2.32. The zero-order valence-electron chi connectivity index (χ0n) is 30.8. The Morgan fingerprint density at radius 1 is 1.13 bits per heavy atom. The summed E-state index contributed by atoms with van der Waals surface area (Å²) in [5.41, 5.74) is 7.52. The molecule has 2 aliphatic carbocycles. The van der Waals surface area contributed by atoms with Crippen LogP contribution in [0.5, 0.6) is 11.5 Å². The number of sulfonamides is 1. The van der Waals surface area contributed by atoms with E-state index in [0.717, 1.165) is 41.8 Å². The van der Waals surface area contributed by atoms with Gasteiger partial charge in [-0.1, -0.05) is 38.8 Å². The van der Waals surface area contributed by atoms with Crippen LogP contribution in [-0.2, 0) is 24.4 Å². The molecule has 3 N–H and O–H groups in total. The zero-order valence-corrected chi connectivity index (χ0v) is 32.4. The Labute approximate surface area is 315 Å². The summed E-state index contributed by atoms with van der Waals surface area (Å²) in [5.74, 6) is -0.134. The molecule has 1 aromatic carbocycles. The Balaban J connectivity index is 1.20. The van der Waals surface area contributed by atoms with Gasteiger partial charge in [0.05, 0.1) is 47.1 Å². The third kappa shape index (κ3) is 7.46. The predicted molar refractivity (Wildman–Crippen MR) is 203 cm³/mol. The maximum Gasteiger partial charge on any atom is 0.240 e. The molecule has 0 bridgehead atoms. The summed E-state index contributed by atoms with van der Waals surface area (Å²) in [6, 6.07) is 5.71. The van der Waals surface area contributed by atoms with Gasteiger partial charge >= 0.3 is 0 Å². The first kappa shape index (κ1) is 37.4. The molecule has 0 spiro atoms. The number of ether oxygens (including phenoxy) is 2. The lowest BCUT2D eigenvalue weighted by atomic mass is 9.91. The van der Waals surface area contributed by atoms with Gasteiger partial charge in [-0.05, 0) is 69.4 Å². The van der Waals surface area contributed by atoms with Crippen LogP contribution in [0.1, 0.15) is 96.6 Å². The van der Waals surface area contributed by atoms with Crippen molar-refractivity contribution in [3.05, 3.63) is 47.5 Å². The molecular formula is C39H49N5O7S2. The number of benzene rings is 1. The van der Waals surface area contributed by atoms with Crippen LogP contribution in [0.15, 0.2) is 41.8 Å². The topological polar surface area (TPSA) is 171 Å². The number of thiazole rings is 1. The number of rotatable bonds is 8. The van der Waals surface area contributed by atoms with E-state index in [2.05, 4.69) is 18.6 Å². The summed E-state index contributed by atoms with van der Waals surface area (Å²) in [6.45, 7) is 5.93. The Morgan fingerprint density at radius 2 is 1.92 bits per heavy atom. The fourth-order valence-corrected chi connectivity index (χ4v) is 9.82. The molecule has 2 aliphatic heterocycles. The molecule has 5 atom stereocenters. The minimum absolute atomic E-state index is 0.127. The number of pyridine rings is 1. The first-order valence-corrected chi connectivity index (χ1v) is 21.0. The third-order valence-corrected chi connectivity index (χ3v) is 14.5. The predicted octanol–water partition coefficient (Wildman–Crippen LogP) is 5.65. The molecule has 53 heavy (non-hydrogen) atoms. The lowest BCUT2D eigenvalue weighted by Gasteiger charge is -2.27. The second-order valence-corrected chi connectivity index (χ2v) is 18.8. The van der Waals surface area contributed by atoms with Crippen molar-refractivity contribution in [1.29, 1.82) is 0 Å². The van der Waals surface area contributed by atoms with Crippen LogP contribution < -0.4 is 19.9 Å². The van der Waals surface area contributed by atoms with Crippen molar-refractivity contribution < 1.29 is 32.3 Å². The first-order valence-electron chi connectivity index (χ1n) is 18.7. The number of allylic oxidation sites excluding steroid dienone is 2. The number of nitrogens with two attached hydrogens (primary N) is 1. The molecule has 4 heterocycles. The number of methoxy groups -OCH3 is 1. The van der Waals surface area contributed by atoms with Gasteiger partial charge in [-0.3, -0.25) is 19.1 Å². The molecule has 4 aliphatic rings. The van der Waals surface area contributed by atoms with E-state index in [1.165, 1.54) is 16.2 Å². The largest absolute Gasteiger partial charge is 0.497 e. The zero-order chi connectivity index (χ0) is 37.7. The van der Waals surface area contributed by atoms with Crippen molar-refractivity contribution in [3.8, 4) is 22.2 Å². The smallest absolute Gasteiger partial charge is 0.240 e. The van der Waals surface area contributed by atoms with Crippen molar-refractivity contribution in [2.45, 2.75) is 114 Å². The van der Waals surface area contributed by atoms with Crippen molar-refractivity contribution in [2.24, 2.45) is 17.1 Å². The average molecular weight is 764 g/mol. The van der Waals surface area contributed by atoms with Crippen molar-refractivity contribution in [2.75, 3.05) is 13.7 Å². The van der Waals surface area contributed by atoms with Gasteiger partial charge in [0, 0.05) is 35.7 Å². The fraction of sp³-hybridized carbons (Fsp3) is 0.564. The third-order valence-electron chi connectivity index (χ3n) is 11.5. The lowest BCUT2D eigenvalue weighted by molar-refractivity contribution is -0.140. The Kier molecular flexibility index (Phi) is 10.2. The van der Waals surface area contributed by atoms with Crippen molar-refractivity contribution in [3.63, 3.8) is 0 Å². The summed E-state index contributed by atoms with van der Waals surface area (Å²) in [4.78, 5) is 53.5. The van der Waals surface area contributed by atoms with Gasteiger partial charge in [-0.2, -0.15) is 0 Å². The number of nitrogens with one attached hydrogen (secondary N) is 1. The van der Waals surface area contributed by atoms with Crippen molar-refractivity contribution >= 4 is 49.9 Å². The molecule has 2 saturated carbocycles. The molecule has 284 valence electrons. The average Bonchev–Trinajstić information content (AvgIpc) is 3.89. The molecule has 0 radical (unpaired) electrons. The van der Waals surface area contributed by atoms with Crippen LogP contribution in [0.25, 0.3) is 21.6 Å². The van der Waals surface area contributed by atoms with E-state index in [-0.39, 0.29) is 42.9 Å². The van der Waals surface area contributed by atoms with Gasteiger partial charge in [-0.15, -0.1) is 11.3 Å². The SMILES string of the molecule is COc1ccc2c(O[C@@H]3C[C@H]4C(=O)C[C@]5(C(=O)NS(=O)(=O)C6(C)CC6)C[C@H]5/C=C\CCCCC[C@H](N)C(=O)N4C3)cc(-c3nc(C(C)C)cs3)nc2c1. The molecule has 12 nitrogen and oxygen atoms in total. The van der Waals surface area contributed by atoms with Gasteiger partial charge in [0.15, 0.2) is 5.78 Å². The highest BCUT2D eigenvalue weighted by Gasteiger charge is 2.62. The minimum atomic E-state index is -3.91. The van der Waals surface area contributed by atoms with Gasteiger partial charge in [-0.25, -0.2) is 18.4 Å². The quantitative estimate of drug-likeness (QED) is 0.273. The summed E-state index contributed by atoms with van der Waals surface area (Å²) >= 11 is 1.50. The maximum absolute atomic E-state index is 14.4. The van der Waals surface area contributed by atoms with Gasteiger partial charge in [0.25, 0.3) is 0 Å². The molecule has 0 unspecified atom stereocenters. The van der Waals surface area contributed by atoms with Gasteiger partial charge in [0.1, 0.15) is 28.3 Å². The number of hydrogen-bond acceptors (Lipinski definition) is 11. The minimum Gasteiger partial charge on any atom is -0.497 e. The van der Waals surface area contributed by atoms with E-state index < -0.39 is 44.3 Å². The molecule has 2 aromatic heterocycles.